The first-order valence-electron chi connectivity index (χ1n) is 11.7. The van der Waals surface area contributed by atoms with Crippen LogP contribution in [0, 0.1) is 0 Å². The lowest BCUT2D eigenvalue weighted by molar-refractivity contribution is -0.267. The molecule has 0 radical (unpaired) electrons. The van der Waals surface area contributed by atoms with Crippen LogP contribution in [0.2, 0.25) is 0 Å². The number of hydrogen-bond donors (Lipinski definition) is 1. The van der Waals surface area contributed by atoms with Crippen LogP contribution >= 0.6 is 11.3 Å². The summed E-state index contributed by atoms with van der Waals surface area (Å²) in [6.45, 7) is 1.89. The molecule has 0 saturated carbocycles. The van der Waals surface area contributed by atoms with Crippen molar-refractivity contribution >= 4 is 34.9 Å². The maximum Gasteiger partial charge on any atom is 0.493 e. The number of nitrogens with one attached hydrogen (secondary N) is 1. The fourth-order valence-corrected chi connectivity index (χ4v) is 5.06. The van der Waals surface area contributed by atoms with Gasteiger partial charge in [-0.1, -0.05) is 6.07 Å². The number of rotatable bonds is 9. The number of aromatic nitrogens is 1. The van der Waals surface area contributed by atoms with Gasteiger partial charge >= 0.3 is 18.1 Å². The van der Waals surface area contributed by atoms with Crippen molar-refractivity contribution in [1.82, 2.24) is 20.5 Å². The second kappa shape index (κ2) is 11.3. The molecule has 9 nitrogen and oxygen atoms in total. The predicted octanol–water partition coefficient (Wildman–Crippen LogP) is 3.03. The summed E-state index contributed by atoms with van der Waals surface area (Å²) < 4.78 is 44.8. The van der Waals surface area contributed by atoms with E-state index in [1.54, 1.807) is 19.2 Å². The van der Waals surface area contributed by atoms with Crippen molar-refractivity contribution < 1.29 is 37.1 Å². The molecule has 0 bridgehead atoms. The number of carbonyl (C=O) groups is 3. The quantitative estimate of drug-likeness (QED) is 0.384. The number of halogens is 3. The van der Waals surface area contributed by atoms with Crippen molar-refractivity contribution in [3.63, 3.8) is 0 Å². The highest BCUT2D eigenvalue weighted by Crippen LogP contribution is 2.43. The van der Waals surface area contributed by atoms with E-state index in [0.717, 1.165) is 15.6 Å². The van der Waals surface area contributed by atoms with Crippen LogP contribution in [0.1, 0.15) is 35.8 Å². The maximum absolute atomic E-state index is 13.2. The standard InChI is InChI=1S/C24H25F3N4O5S/c1-2-35-22(33)21-18-7-6-15-14-28-10-8-17(15)20(18)31(36-23(34)24(25,26)27)30(21)11-4-9-29-19(32)13-16-5-3-12-37-16/h3,5,8,10,12,14,21H,2,4,6-7,9,11,13H2,1H3,(H,29,32). The molecule has 0 saturated heterocycles. The Hall–Kier alpha value is -3.45. The molecule has 1 unspecified atom stereocenters. The first-order valence-corrected chi connectivity index (χ1v) is 12.6. The summed E-state index contributed by atoms with van der Waals surface area (Å²) in [4.78, 5) is 46.9. The van der Waals surface area contributed by atoms with E-state index < -0.39 is 24.2 Å². The molecule has 4 rings (SSSR count). The predicted molar refractivity (Wildman–Crippen MR) is 126 cm³/mol. The van der Waals surface area contributed by atoms with Gasteiger partial charge in [0.25, 0.3) is 0 Å². The topological polar surface area (TPSA) is 101 Å². The first-order chi connectivity index (χ1) is 17.7. The number of hydroxylamine groups is 1. The van der Waals surface area contributed by atoms with E-state index in [-0.39, 0.29) is 44.1 Å². The van der Waals surface area contributed by atoms with E-state index in [9.17, 15) is 27.6 Å². The zero-order chi connectivity index (χ0) is 26.6. The smallest absolute Gasteiger partial charge is 0.465 e. The number of thiophene rings is 1. The fourth-order valence-electron chi connectivity index (χ4n) is 4.36. The third-order valence-electron chi connectivity index (χ3n) is 5.89. The van der Waals surface area contributed by atoms with Gasteiger partial charge < -0.3 is 14.9 Å². The van der Waals surface area contributed by atoms with Gasteiger partial charge in [-0.15, -0.1) is 16.5 Å². The monoisotopic (exact) mass is 538 g/mol. The average Bonchev–Trinajstić information content (AvgIpc) is 3.47. The van der Waals surface area contributed by atoms with Crippen LogP contribution in [0.3, 0.4) is 0 Å². The number of aryl methyl sites for hydroxylation is 1. The van der Waals surface area contributed by atoms with Gasteiger partial charge in [-0.2, -0.15) is 18.2 Å². The molecule has 37 heavy (non-hydrogen) atoms. The van der Waals surface area contributed by atoms with Crippen molar-refractivity contribution in [2.24, 2.45) is 0 Å². The average molecular weight is 539 g/mol. The summed E-state index contributed by atoms with van der Waals surface area (Å²) in [5.74, 6) is -3.29. The van der Waals surface area contributed by atoms with Gasteiger partial charge in [0.15, 0.2) is 6.04 Å². The Labute approximate surface area is 214 Å². The molecule has 1 N–H and O–H groups in total. The van der Waals surface area contributed by atoms with Crippen molar-refractivity contribution in [2.75, 3.05) is 19.7 Å². The van der Waals surface area contributed by atoms with Crippen molar-refractivity contribution in [3.8, 4) is 0 Å². The zero-order valence-electron chi connectivity index (χ0n) is 19.9. The molecular weight excluding hydrogens is 513 g/mol. The van der Waals surface area contributed by atoms with Gasteiger partial charge in [-0.3, -0.25) is 9.78 Å². The summed E-state index contributed by atoms with van der Waals surface area (Å²) in [5.41, 5.74) is 1.96. The molecule has 1 aliphatic heterocycles. The number of fused-ring (bicyclic) bond motifs is 2. The molecule has 1 atom stereocenters. The minimum absolute atomic E-state index is 0.00131. The van der Waals surface area contributed by atoms with Crippen LogP contribution in [0.4, 0.5) is 13.2 Å². The van der Waals surface area contributed by atoms with Gasteiger partial charge in [0.05, 0.1) is 13.0 Å². The summed E-state index contributed by atoms with van der Waals surface area (Å²) in [6.07, 6.45) is -0.867. The van der Waals surface area contributed by atoms with Gasteiger partial charge in [-0.25, -0.2) is 9.59 Å². The number of carbonyl (C=O) groups excluding carboxylic acids is 3. The van der Waals surface area contributed by atoms with Crippen molar-refractivity contribution in [3.05, 3.63) is 57.6 Å². The molecule has 0 aromatic carbocycles. The van der Waals surface area contributed by atoms with Crippen LogP contribution in [0.15, 0.2) is 41.5 Å². The Kier molecular flexibility index (Phi) is 8.13. The Morgan fingerprint density at radius 1 is 1.24 bits per heavy atom. The number of hydrazine groups is 1. The van der Waals surface area contributed by atoms with Crippen LogP contribution in [-0.2, 0) is 36.8 Å². The Morgan fingerprint density at radius 2 is 2.05 bits per heavy atom. The van der Waals surface area contributed by atoms with E-state index >= 15 is 0 Å². The van der Waals surface area contributed by atoms with Gasteiger partial charge in [0.2, 0.25) is 5.91 Å². The number of alkyl halides is 3. The number of nitrogens with zero attached hydrogens (tertiary/aromatic N) is 3. The minimum atomic E-state index is -5.25. The summed E-state index contributed by atoms with van der Waals surface area (Å²) in [5, 5.41) is 6.65. The molecule has 2 aromatic rings. The van der Waals surface area contributed by atoms with Crippen LogP contribution in [0.5, 0.6) is 0 Å². The van der Waals surface area contributed by atoms with Crippen LogP contribution in [-0.4, -0.2) is 64.9 Å². The molecule has 0 fully saturated rings. The SMILES string of the molecule is CCOC(=O)C1C2=C(c3ccncc3CC2)N(OC(=O)C(F)(F)F)N1CCCNC(=O)Cc1cccs1. The van der Waals surface area contributed by atoms with E-state index in [4.69, 9.17) is 9.57 Å². The second-order valence-electron chi connectivity index (χ2n) is 8.33. The fraction of sp³-hybridized carbons (Fsp3) is 0.417. The van der Waals surface area contributed by atoms with Gasteiger partial charge in [-0.05, 0) is 54.8 Å². The Balaban J connectivity index is 1.57. The maximum atomic E-state index is 13.2. The number of ether oxygens (including phenoxy) is 1. The minimum Gasteiger partial charge on any atom is -0.465 e. The van der Waals surface area contributed by atoms with E-state index in [0.29, 0.717) is 24.0 Å². The van der Waals surface area contributed by atoms with Gasteiger partial charge in [0, 0.05) is 35.9 Å². The first kappa shape index (κ1) is 26.6. The summed E-state index contributed by atoms with van der Waals surface area (Å²) in [7, 11) is 0. The lowest BCUT2D eigenvalue weighted by Gasteiger charge is -2.33. The lowest BCUT2D eigenvalue weighted by Crippen LogP contribution is -2.49. The molecular formula is C24H25F3N4O5S. The third-order valence-corrected chi connectivity index (χ3v) is 6.77. The molecule has 13 heteroatoms. The molecule has 2 aromatic heterocycles. The molecule has 2 aliphatic rings. The van der Waals surface area contributed by atoms with E-state index in [1.807, 2.05) is 17.5 Å². The van der Waals surface area contributed by atoms with Gasteiger partial charge in [0.1, 0.15) is 5.70 Å². The number of amides is 1. The molecule has 1 aliphatic carbocycles. The molecule has 0 spiro atoms. The normalized spacial score (nSPS) is 17.3. The number of esters is 1. The Morgan fingerprint density at radius 3 is 2.76 bits per heavy atom. The number of pyridine rings is 1. The van der Waals surface area contributed by atoms with Crippen molar-refractivity contribution in [1.29, 1.82) is 0 Å². The van der Waals surface area contributed by atoms with Crippen molar-refractivity contribution in [2.45, 2.75) is 44.8 Å². The highest BCUT2D eigenvalue weighted by Gasteiger charge is 2.51. The van der Waals surface area contributed by atoms with E-state index in [2.05, 4.69) is 10.3 Å². The molecule has 3 heterocycles. The summed E-state index contributed by atoms with van der Waals surface area (Å²) in [6, 6.07) is 4.21. The number of hydrogen-bond acceptors (Lipinski definition) is 9. The Bertz CT molecular complexity index is 1190. The highest BCUT2D eigenvalue weighted by molar-refractivity contribution is 7.10. The zero-order valence-corrected chi connectivity index (χ0v) is 20.7. The lowest BCUT2D eigenvalue weighted by atomic mass is 9.88. The summed E-state index contributed by atoms with van der Waals surface area (Å²) >= 11 is 1.46. The third kappa shape index (κ3) is 5.93. The second-order valence-corrected chi connectivity index (χ2v) is 9.37. The van der Waals surface area contributed by atoms with Crippen LogP contribution < -0.4 is 5.32 Å². The molecule has 1 amide bonds. The highest BCUT2D eigenvalue weighted by atomic mass is 32.1. The van der Waals surface area contributed by atoms with E-state index in [1.165, 1.54) is 22.5 Å². The largest absolute Gasteiger partial charge is 0.493 e. The van der Waals surface area contributed by atoms with Crippen LogP contribution in [0.25, 0.3) is 5.70 Å². The molecule has 198 valence electrons.